The quantitative estimate of drug-likeness (QED) is 0.422. The molecule has 0 fully saturated rings. The van der Waals surface area contributed by atoms with Crippen LogP contribution in [0.1, 0.15) is 0 Å². The topological polar surface area (TPSA) is 107 Å². The van der Waals surface area contributed by atoms with Crippen LogP contribution in [0.3, 0.4) is 0 Å². The number of rotatable bonds is 4. The lowest BCUT2D eigenvalue weighted by Gasteiger charge is -1.94. The molecule has 3 aromatic rings. The fourth-order valence-electron chi connectivity index (χ4n) is 1.71. The molecule has 0 bridgehead atoms. The molecule has 3 rings (SSSR count). The van der Waals surface area contributed by atoms with Gasteiger partial charge < -0.3 is 5.73 Å². The Labute approximate surface area is 132 Å². The van der Waals surface area contributed by atoms with Gasteiger partial charge in [-0.25, -0.2) is 4.98 Å². The number of nitro benzene ring substituents is 1. The van der Waals surface area contributed by atoms with E-state index in [0.29, 0.717) is 21.5 Å². The van der Waals surface area contributed by atoms with Crippen molar-refractivity contribution >= 4 is 44.2 Å². The van der Waals surface area contributed by atoms with E-state index in [-0.39, 0.29) is 5.69 Å². The molecule has 2 heterocycles. The number of anilines is 1. The van der Waals surface area contributed by atoms with E-state index in [0.717, 1.165) is 4.88 Å². The summed E-state index contributed by atoms with van der Waals surface area (Å²) in [5.41, 5.74) is 6.98. The summed E-state index contributed by atoms with van der Waals surface area (Å²) in [5.74, 6) is 0. The zero-order chi connectivity index (χ0) is 15.5. The second-order valence-corrected chi connectivity index (χ2v) is 6.11. The first-order valence-electron chi connectivity index (χ1n) is 6.10. The number of azo groups is 1. The second-order valence-electron chi connectivity index (χ2n) is 4.16. The van der Waals surface area contributed by atoms with E-state index >= 15 is 0 Å². The van der Waals surface area contributed by atoms with Crippen LogP contribution in [-0.2, 0) is 0 Å². The Balaban J connectivity index is 1.88. The highest BCUT2D eigenvalue weighted by Gasteiger charge is 2.12. The fourth-order valence-corrected chi connectivity index (χ4v) is 3.16. The van der Waals surface area contributed by atoms with Gasteiger partial charge in [0.25, 0.3) is 5.69 Å². The first kappa shape index (κ1) is 14.3. The van der Waals surface area contributed by atoms with Crippen molar-refractivity contribution < 1.29 is 4.92 Å². The molecule has 2 aromatic heterocycles. The summed E-state index contributed by atoms with van der Waals surface area (Å²) in [6.07, 6.45) is 0. The minimum absolute atomic E-state index is 0.0141. The monoisotopic (exact) mass is 331 g/mol. The molecule has 0 saturated carbocycles. The second kappa shape index (κ2) is 6.00. The maximum Gasteiger partial charge on any atom is 0.269 e. The third-order valence-electron chi connectivity index (χ3n) is 2.70. The summed E-state index contributed by atoms with van der Waals surface area (Å²) in [4.78, 5) is 15.4. The third kappa shape index (κ3) is 3.00. The van der Waals surface area contributed by atoms with Gasteiger partial charge >= 0.3 is 0 Å². The Hall–Kier alpha value is -2.65. The maximum absolute atomic E-state index is 10.6. The molecule has 0 saturated heterocycles. The zero-order valence-corrected chi connectivity index (χ0v) is 12.7. The molecule has 0 unspecified atom stereocenters. The van der Waals surface area contributed by atoms with E-state index in [9.17, 15) is 10.1 Å². The van der Waals surface area contributed by atoms with Crippen molar-refractivity contribution in [3.8, 4) is 10.6 Å². The first-order chi connectivity index (χ1) is 10.6. The Morgan fingerprint density at radius 2 is 1.95 bits per heavy atom. The molecule has 0 amide bonds. The molecule has 2 N–H and O–H groups in total. The Morgan fingerprint density at radius 3 is 2.59 bits per heavy atom. The summed E-state index contributed by atoms with van der Waals surface area (Å²) < 4.78 is 0. The van der Waals surface area contributed by atoms with Gasteiger partial charge in [0, 0.05) is 12.1 Å². The molecule has 0 aliphatic heterocycles. The summed E-state index contributed by atoms with van der Waals surface area (Å²) in [5, 5.41) is 21.8. The summed E-state index contributed by atoms with van der Waals surface area (Å²) in [6.45, 7) is 0. The van der Waals surface area contributed by atoms with Gasteiger partial charge in [0.05, 0.1) is 15.5 Å². The van der Waals surface area contributed by atoms with Crippen LogP contribution < -0.4 is 5.73 Å². The number of thiazole rings is 1. The highest BCUT2D eigenvalue weighted by atomic mass is 32.1. The predicted molar refractivity (Wildman–Crippen MR) is 87.1 cm³/mol. The summed E-state index contributed by atoms with van der Waals surface area (Å²) in [6, 6.07) is 9.70. The number of hydrogen-bond acceptors (Lipinski definition) is 8. The van der Waals surface area contributed by atoms with Crippen molar-refractivity contribution in [2.24, 2.45) is 10.2 Å². The van der Waals surface area contributed by atoms with Crippen molar-refractivity contribution in [2.75, 3.05) is 5.73 Å². The minimum atomic E-state index is -0.459. The number of aromatic nitrogens is 1. The van der Waals surface area contributed by atoms with Gasteiger partial charge in [-0.05, 0) is 23.6 Å². The Morgan fingerprint density at radius 1 is 1.18 bits per heavy atom. The molecular weight excluding hydrogens is 322 g/mol. The van der Waals surface area contributed by atoms with Gasteiger partial charge in [0.2, 0.25) is 0 Å². The zero-order valence-electron chi connectivity index (χ0n) is 11.0. The van der Waals surface area contributed by atoms with E-state index in [2.05, 4.69) is 15.2 Å². The van der Waals surface area contributed by atoms with Gasteiger partial charge in [0.1, 0.15) is 5.69 Å². The van der Waals surface area contributed by atoms with E-state index in [1.54, 1.807) is 11.3 Å². The number of nitrogen functional groups attached to an aromatic ring is 1. The standard InChI is InChI=1S/C13H9N5O2S2/c14-13-15-11(10-2-1-7-21-10)12(22-13)17-16-8-3-5-9(6-4-8)18(19)20/h1-7H,(H2,14,15). The number of nitrogens with two attached hydrogens (primary N) is 1. The molecule has 0 aliphatic rings. The van der Waals surface area contributed by atoms with Crippen LogP contribution in [-0.4, -0.2) is 9.91 Å². The van der Waals surface area contributed by atoms with Crippen molar-refractivity contribution in [1.82, 2.24) is 4.98 Å². The number of non-ortho nitro benzene ring substituents is 1. The molecular formula is C13H9N5O2S2. The number of hydrogen-bond donors (Lipinski definition) is 1. The molecule has 22 heavy (non-hydrogen) atoms. The van der Waals surface area contributed by atoms with Crippen molar-refractivity contribution in [2.45, 2.75) is 0 Å². The lowest BCUT2D eigenvalue weighted by atomic mass is 10.3. The normalized spacial score (nSPS) is 11.1. The lowest BCUT2D eigenvalue weighted by Crippen LogP contribution is -1.85. The van der Waals surface area contributed by atoms with Crippen molar-refractivity contribution in [3.63, 3.8) is 0 Å². The predicted octanol–water partition coefficient (Wildman–Crippen LogP) is 4.78. The summed E-state index contributed by atoms with van der Waals surface area (Å²) in [7, 11) is 0. The average Bonchev–Trinajstić information content (AvgIpc) is 3.14. The largest absolute Gasteiger partial charge is 0.375 e. The molecule has 7 nitrogen and oxygen atoms in total. The Bertz CT molecular complexity index is 825. The van der Waals surface area contributed by atoms with Gasteiger partial charge in [0.15, 0.2) is 10.1 Å². The molecule has 110 valence electrons. The molecule has 1 aromatic carbocycles. The van der Waals surface area contributed by atoms with Crippen LogP contribution >= 0.6 is 22.7 Å². The Kier molecular flexibility index (Phi) is 3.90. The molecule has 0 radical (unpaired) electrons. The SMILES string of the molecule is Nc1nc(-c2cccs2)c(N=Nc2ccc([N+](=O)[O-])cc2)s1. The van der Waals surface area contributed by atoms with Gasteiger partial charge in [-0.1, -0.05) is 17.4 Å². The third-order valence-corrected chi connectivity index (χ3v) is 4.34. The van der Waals surface area contributed by atoms with Crippen LogP contribution in [0.25, 0.3) is 10.6 Å². The van der Waals surface area contributed by atoms with E-state index in [4.69, 9.17) is 5.73 Å². The van der Waals surface area contributed by atoms with Crippen LogP contribution in [0.2, 0.25) is 0 Å². The molecule has 0 aliphatic carbocycles. The minimum Gasteiger partial charge on any atom is -0.375 e. The molecule has 0 spiro atoms. The molecule has 9 heteroatoms. The fraction of sp³-hybridized carbons (Fsp3) is 0. The maximum atomic E-state index is 10.6. The number of benzene rings is 1. The van der Waals surface area contributed by atoms with E-state index in [1.807, 2.05) is 17.5 Å². The van der Waals surface area contributed by atoms with Crippen LogP contribution in [0.15, 0.2) is 52.0 Å². The van der Waals surface area contributed by atoms with Crippen molar-refractivity contribution in [3.05, 3.63) is 51.9 Å². The van der Waals surface area contributed by atoms with Gasteiger partial charge in [-0.3, -0.25) is 10.1 Å². The average molecular weight is 331 g/mol. The number of nitro groups is 1. The van der Waals surface area contributed by atoms with Gasteiger partial charge in [-0.2, -0.15) is 0 Å². The first-order valence-corrected chi connectivity index (χ1v) is 7.79. The van der Waals surface area contributed by atoms with Crippen LogP contribution in [0.4, 0.5) is 21.5 Å². The van der Waals surface area contributed by atoms with Crippen LogP contribution in [0.5, 0.6) is 0 Å². The number of nitrogens with zero attached hydrogens (tertiary/aromatic N) is 4. The van der Waals surface area contributed by atoms with Crippen molar-refractivity contribution in [1.29, 1.82) is 0 Å². The summed E-state index contributed by atoms with van der Waals surface area (Å²) >= 11 is 2.79. The van der Waals surface area contributed by atoms with Crippen LogP contribution in [0, 0.1) is 10.1 Å². The molecule has 0 atom stereocenters. The highest BCUT2D eigenvalue weighted by Crippen LogP contribution is 2.39. The van der Waals surface area contributed by atoms with Gasteiger partial charge in [-0.15, -0.1) is 21.6 Å². The van der Waals surface area contributed by atoms with E-state index < -0.39 is 4.92 Å². The lowest BCUT2D eigenvalue weighted by molar-refractivity contribution is -0.384. The highest BCUT2D eigenvalue weighted by molar-refractivity contribution is 7.20. The number of thiophene rings is 1. The van der Waals surface area contributed by atoms with E-state index in [1.165, 1.54) is 35.6 Å². The smallest absolute Gasteiger partial charge is 0.269 e.